The summed E-state index contributed by atoms with van der Waals surface area (Å²) in [5.41, 5.74) is 7.21. The normalized spacial score (nSPS) is 10.3. The number of nitrogens with two attached hydrogens (primary N) is 1. The van der Waals surface area contributed by atoms with E-state index in [1.54, 1.807) is 12.4 Å². The molecule has 0 bridgehead atoms. The van der Waals surface area contributed by atoms with Crippen molar-refractivity contribution >= 4 is 22.9 Å². The van der Waals surface area contributed by atoms with E-state index in [9.17, 15) is 8.78 Å². The van der Waals surface area contributed by atoms with Crippen LogP contribution in [0.5, 0.6) is 0 Å². The van der Waals surface area contributed by atoms with Crippen LogP contribution in [0.3, 0.4) is 0 Å². The Morgan fingerprint density at radius 3 is 2.70 bits per heavy atom. The zero-order valence-corrected chi connectivity index (χ0v) is 11.6. The van der Waals surface area contributed by atoms with Gasteiger partial charge in [0.15, 0.2) is 11.6 Å². The zero-order chi connectivity index (χ0) is 14.7. The van der Waals surface area contributed by atoms with E-state index < -0.39 is 11.6 Å². The highest BCUT2D eigenvalue weighted by Gasteiger charge is 2.14. The fraction of sp³-hybridized carbons (Fsp3) is 0.143. The smallest absolute Gasteiger partial charge is 0.182 e. The number of aromatic nitrogens is 1. The molecule has 0 aliphatic carbocycles. The number of halogens is 2. The van der Waals surface area contributed by atoms with Crippen LogP contribution in [0.1, 0.15) is 16.7 Å². The van der Waals surface area contributed by atoms with Crippen LogP contribution in [-0.4, -0.2) is 9.97 Å². The van der Waals surface area contributed by atoms with Gasteiger partial charge in [-0.25, -0.2) is 8.78 Å². The number of benzene rings is 1. The van der Waals surface area contributed by atoms with Gasteiger partial charge in [-0.3, -0.25) is 4.98 Å². The standard InChI is InChI=1S/C14H13F2N3S/c1-8-4-5-18-6-9(8)7-19-11-3-2-10(14(17)20)12(15)13(11)16/h2-6,19H,7H2,1H3,(H2,17,20). The number of nitrogens with one attached hydrogen (secondary N) is 1. The minimum atomic E-state index is -1.04. The number of hydrogen-bond acceptors (Lipinski definition) is 3. The Morgan fingerprint density at radius 2 is 2.05 bits per heavy atom. The molecule has 0 saturated heterocycles. The summed E-state index contributed by atoms with van der Waals surface area (Å²) in [6, 6.07) is 4.63. The fourth-order valence-corrected chi connectivity index (χ4v) is 1.91. The van der Waals surface area contributed by atoms with Crippen LogP contribution in [0.15, 0.2) is 30.6 Å². The maximum absolute atomic E-state index is 13.9. The molecule has 0 atom stereocenters. The van der Waals surface area contributed by atoms with Gasteiger partial charge in [0.2, 0.25) is 0 Å². The molecule has 0 saturated carbocycles. The molecule has 0 aliphatic rings. The van der Waals surface area contributed by atoms with Crippen molar-refractivity contribution in [3.05, 3.63) is 58.9 Å². The third-order valence-corrected chi connectivity index (χ3v) is 3.18. The molecule has 20 heavy (non-hydrogen) atoms. The van der Waals surface area contributed by atoms with Crippen LogP contribution in [0, 0.1) is 18.6 Å². The molecule has 0 amide bonds. The van der Waals surface area contributed by atoms with E-state index >= 15 is 0 Å². The SMILES string of the molecule is Cc1ccncc1CNc1ccc(C(N)=S)c(F)c1F. The lowest BCUT2D eigenvalue weighted by Gasteiger charge is -2.11. The lowest BCUT2D eigenvalue weighted by Crippen LogP contribution is -2.14. The minimum Gasteiger partial charge on any atom is -0.389 e. The predicted octanol–water partition coefficient (Wildman–Crippen LogP) is 2.91. The highest BCUT2D eigenvalue weighted by molar-refractivity contribution is 7.80. The van der Waals surface area contributed by atoms with Gasteiger partial charge in [-0.2, -0.15) is 0 Å². The molecule has 2 rings (SSSR count). The van der Waals surface area contributed by atoms with Crippen LogP contribution in [0.2, 0.25) is 0 Å². The van der Waals surface area contributed by atoms with Crippen LogP contribution in [0.25, 0.3) is 0 Å². The summed E-state index contributed by atoms with van der Waals surface area (Å²) in [4.78, 5) is 3.82. The van der Waals surface area contributed by atoms with Crippen LogP contribution < -0.4 is 11.1 Å². The van der Waals surface area contributed by atoms with Crippen molar-refractivity contribution < 1.29 is 8.78 Å². The Hall–Kier alpha value is -2.08. The van der Waals surface area contributed by atoms with Gasteiger partial charge in [0.25, 0.3) is 0 Å². The van der Waals surface area contributed by atoms with Crippen LogP contribution in [-0.2, 0) is 6.54 Å². The molecule has 1 aromatic carbocycles. The number of aryl methyl sites for hydroxylation is 1. The fourth-order valence-electron chi connectivity index (χ4n) is 1.75. The van der Waals surface area contributed by atoms with E-state index in [0.717, 1.165) is 11.1 Å². The maximum Gasteiger partial charge on any atom is 0.182 e. The molecule has 0 unspecified atom stereocenters. The van der Waals surface area contributed by atoms with Gasteiger partial charge in [-0.05, 0) is 36.2 Å². The van der Waals surface area contributed by atoms with E-state index in [1.807, 2.05) is 13.0 Å². The molecule has 1 aromatic heterocycles. The van der Waals surface area contributed by atoms with Gasteiger partial charge < -0.3 is 11.1 Å². The first-order valence-electron chi connectivity index (χ1n) is 5.92. The van der Waals surface area contributed by atoms with Crippen molar-refractivity contribution in [1.29, 1.82) is 0 Å². The second-order valence-electron chi connectivity index (χ2n) is 4.31. The van der Waals surface area contributed by atoms with Gasteiger partial charge in [0.05, 0.1) is 5.69 Å². The number of pyridine rings is 1. The second-order valence-corrected chi connectivity index (χ2v) is 4.75. The Balaban J connectivity index is 2.21. The summed E-state index contributed by atoms with van der Waals surface area (Å²) in [7, 11) is 0. The van der Waals surface area contributed by atoms with Gasteiger partial charge in [-0.1, -0.05) is 12.2 Å². The monoisotopic (exact) mass is 293 g/mol. The van der Waals surface area contributed by atoms with Crippen molar-refractivity contribution in [2.24, 2.45) is 5.73 Å². The Morgan fingerprint density at radius 1 is 1.30 bits per heavy atom. The van der Waals surface area contributed by atoms with Crippen molar-refractivity contribution in [1.82, 2.24) is 4.98 Å². The molecule has 0 aliphatic heterocycles. The lowest BCUT2D eigenvalue weighted by molar-refractivity contribution is 0.509. The largest absolute Gasteiger partial charge is 0.389 e. The van der Waals surface area contributed by atoms with Crippen molar-refractivity contribution in [2.45, 2.75) is 13.5 Å². The van der Waals surface area contributed by atoms with Crippen LogP contribution in [0.4, 0.5) is 14.5 Å². The number of nitrogens with zero attached hydrogens (tertiary/aromatic N) is 1. The summed E-state index contributed by atoms with van der Waals surface area (Å²) in [5.74, 6) is -2.03. The highest BCUT2D eigenvalue weighted by atomic mass is 32.1. The number of anilines is 1. The van der Waals surface area contributed by atoms with Crippen molar-refractivity contribution in [3.63, 3.8) is 0 Å². The third kappa shape index (κ3) is 2.91. The minimum absolute atomic E-state index is 0.0609. The van der Waals surface area contributed by atoms with E-state index in [1.165, 1.54) is 12.1 Å². The molecule has 0 radical (unpaired) electrons. The van der Waals surface area contributed by atoms with E-state index in [0.29, 0.717) is 6.54 Å². The van der Waals surface area contributed by atoms with Gasteiger partial charge >= 0.3 is 0 Å². The molecule has 0 spiro atoms. The molecule has 0 fully saturated rings. The van der Waals surface area contributed by atoms with Crippen molar-refractivity contribution in [3.8, 4) is 0 Å². The number of hydrogen-bond donors (Lipinski definition) is 2. The van der Waals surface area contributed by atoms with E-state index in [2.05, 4.69) is 22.5 Å². The zero-order valence-electron chi connectivity index (χ0n) is 10.8. The highest BCUT2D eigenvalue weighted by Crippen LogP contribution is 2.21. The Bertz CT molecular complexity index is 659. The topological polar surface area (TPSA) is 50.9 Å². The molecular weight excluding hydrogens is 280 g/mol. The predicted molar refractivity (Wildman–Crippen MR) is 78.5 cm³/mol. The number of thiocarbonyl (C=S) groups is 1. The lowest BCUT2D eigenvalue weighted by atomic mass is 10.1. The van der Waals surface area contributed by atoms with Crippen LogP contribution >= 0.6 is 12.2 Å². The van der Waals surface area contributed by atoms with Gasteiger partial charge in [0, 0.05) is 24.5 Å². The molecule has 6 heteroatoms. The van der Waals surface area contributed by atoms with Gasteiger partial charge in [-0.15, -0.1) is 0 Å². The first-order valence-corrected chi connectivity index (χ1v) is 6.32. The maximum atomic E-state index is 13.9. The van der Waals surface area contributed by atoms with Gasteiger partial charge in [0.1, 0.15) is 4.99 Å². The van der Waals surface area contributed by atoms with Crippen molar-refractivity contribution in [2.75, 3.05) is 5.32 Å². The summed E-state index contributed by atoms with van der Waals surface area (Å²) in [6.45, 7) is 2.27. The summed E-state index contributed by atoms with van der Waals surface area (Å²) >= 11 is 4.65. The molecule has 104 valence electrons. The summed E-state index contributed by atoms with van der Waals surface area (Å²) in [5, 5.41) is 2.84. The quantitative estimate of drug-likeness (QED) is 0.851. The molecule has 3 nitrogen and oxygen atoms in total. The number of rotatable bonds is 4. The summed E-state index contributed by atoms with van der Waals surface area (Å²) < 4.78 is 27.6. The third-order valence-electron chi connectivity index (χ3n) is 2.96. The van der Waals surface area contributed by atoms with E-state index in [-0.39, 0.29) is 16.2 Å². The summed E-state index contributed by atoms with van der Waals surface area (Å²) in [6.07, 6.45) is 3.36. The second kappa shape index (κ2) is 5.92. The molecule has 3 N–H and O–H groups in total. The molecule has 2 aromatic rings. The average molecular weight is 293 g/mol. The molecular formula is C14H13F2N3S. The molecule has 1 heterocycles. The first kappa shape index (κ1) is 14.3. The first-order chi connectivity index (χ1) is 9.50. The Kier molecular flexibility index (Phi) is 4.24. The average Bonchev–Trinajstić information content (AvgIpc) is 2.41. The van der Waals surface area contributed by atoms with E-state index in [4.69, 9.17) is 5.73 Å². The Labute approximate surface area is 120 Å².